The van der Waals surface area contributed by atoms with Crippen molar-refractivity contribution in [2.24, 2.45) is 5.73 Å². The topological polar surface area (TPSA) is 43.8 Å². The summed E-state index contributed by atoms with van der Waals surface area (Å²) in [4.78, 5) is 0. The van der Waals surface area contributed by atoms with Crippen LogP contribution in [0.15, 0.2) is 12.3 Å². The smallest absolute Gasteiger partial charge is 0.0554 e. The molecule has 1 heterocycles. The van der Waals surface area contributed by atoms with E-state index in [1.165, 1.54) is 0 Å². The number of hydrogen-bond acceptors (Lipinski definition) is 2. The van der Waals surface area contributed by atoms with E-state index in [2.05, 4.69) is 25.9 Å². The lowest BCUT2D eigenvalue weighted by Gasteiger charge is -2.23. The molecule has 0 aromatic carbocycles. The molecule has 0 bridgehead atoms. The summed E-state index contributed by atoms with van der Waals surface area (Å²) in [6, 6.07) is 2.02. The summed E-state index contributed by atoms with van der Waals surface area (Å²) in [6.07, 6.45) is 1.80. The number of nitrogens with zero attached hydrogens (tertiary/aromatic N) is 2. The summed E-state index contributed by atoms with van der Waals surface area (Å²) in [5.41, 5.74) is 6.90. The maximum absolute atomic E-state index is 5.79. The van der Waals surface area contributed by atoms with Crippen molar-refractivity contribution in [2.45, 2.75) is 39.3 Å². The second kappa shape index (κ2) is 2.90. The summed E-state index contributed by atoms with van der Waals surface area (Å²) in [7, 11) is 0. The van der Waals surface area contributed by atoms with Crippen molar-refractivity contribution in [3.63, 3.8) is 0 Å². The molecule has 0 aliphatic carbocycles. The maximum Gasteiger partial charge on any atom is 0.0554 e. The van der Waals surface area contributed by atoms with Gasteiger partial charge in [0.1, 0.15) is 0 Å². The van der Waals surface area contributed by atoms with E-state index in [4.69, 9.17) is 5.73 Å². The van der Waals surface area contributed by atoms with Crippen LogP contribution < -0.4 is 5.73 Å². The van der Waals surface area contributed by atoms with Gasteiger partial charge in [0.15, 0.2) is 0 Å². The van der Waals surface area contributed by atoms with Gasteiger partial charge in [0.05, 0.1) is 11.2 Å². The monoisotopic (exact) mass is 167 g/mol. The molecule has 0 spiro atoms. The minimum Gasteiger partial charge on any atom is -0.323 e. The van der Waals surface area contributed by atoms with E-state index in [0.717, 1.165) is 5.69 Å². The van der Waals surface area contributed by atoms with Gasteiger partial charge in [-0.25, -0.2) is 0 Å². The molecule has 2 N–H and O–H groups in total. The molecule has 68 valence electrons. The Hall–Kier alpha value is -0.830. The van der Waals surface area contributed by atoms with E-state index in [-0.39, 0.29) is 11.6 Å². The first-order valence-corrected chi connectivity index (χ1v) is 4.23. The van der Waals surface area contributed by atoms with Gasteiger partial charge in [0, 0.05) is 12.2 Å². The van der Waals surface area contributed by atoms with Crippen LogP contribution in [0.2, 0.25) is 0 Å². The third-order valence-electron chi connectivity index (χ3n) is 1.77. The second-order valence-corrected chi connectivity index (χ2v) is 4.13. The van der Waals surface area contributed by atoms with Gasteiger partial charge in [-0.05, 0) is 33.8 Å². The van der Waals surface area contributed by atoms with E-state index < -0.39 is 0 Å². The molecular weight excluding hydrogens is 150 g/mol. The third-order valence-corrected chi connectivity index (χ3v) is 1.77. The van der Waals surface area contributed by atoms with Gasteiger partial charge in [-0.15, -0.1) is 0 Å². The highest BCUT2D eigenvalue weighted by atomic mass is 15.3. The lowest BCUT2D eigenvalue weighted by Crippen LogP contribution is -2.27. The third kappa shape index (κ3) is 1.67. The summed E-state index contributed by atoms with van der Waals surface area (Å²) in [5.74, 6) is 0. The predicted octanol–water partition coefficient (Wildman–Crippen LogP) is 1.66. The largest absolute Gasteiger partial charge is 0.323 e. The van der Waals surface area contributed by atoms with Crippen LogP contribution in [0.4, 0.5) is 0 Å². The number of nitrogens with two attached hydrogens (primary N) is 1. The number of hydrogen-bond donors (Lipinski definition) is 1. The molecule has 3 heteroatoms. The average Bonchev–Trinajstić information content (AvgIpc) is 2.30. The SMILES string of the molecule is CC(N)c1ccnn1C(C)(C)C. The normalized spacial score (nSPS) is 14.8. The van der Waals surface area contributed by atoms with Gasteiger partial charge in [-0.1, -0.05) is 0 Å². The van der Waals surface area contributed by atoms with Crippen LogP contribution in [0, 0.1) is 0 Å². The van der Waals surface area contributed by atoms with Crippen LogP contribution in [0.25, 0.3) is 0 Å². The van der Waals surface area contributed by atoms with Crippen molar-refractivity contribution in [3.05, 3.63) is 18.0 Å². The molecule has 1 unspecified atom stereocenters. The molecule has 0 fully saturated rings. The van der Waals surface area contributed by atoms with Crippen molar-refractivity contribution < 1.29 is 0 Å². The van der Waals surface area contributed by atoms with Crippen LogP contribution in [0.5, 0.6) is 0 Å². The van der Waals surface area contributed by atoms with E-state index in [9.17, 15) is 0 Å². The zero-order valence-corrected chi connectivity index (χ0v) is 8.20. The Balaban J connectivity index is 3.08. The Bertz CT molecular complexity index is 255. The summed E-state index contributed by atoms with van der Waals surface area (Å²) >= 11 is 0. The fraction of sp³-hybridized carbons (Fsp3) is 0.667. The molecule has 12 heavy (non-hydrogen) atoms. The zero-order chi connectivity index (χ0) is 9.35. The van der Waals surface area contributed by atoms with Crippen molar-refractivity contribution in [1.82, 2.24) is 9.78 Å². The molecule has 0 saturated heterocycles. The van der Waals surface area contributed by atoms with E-state index >= 15 is 0 Å². The number of aromatic nitrogens is 2. The van der Waals surface area contributed by atoms with Gasteiger partial charge >= 0.3 is 0 Å². The predicted molar refractivity (Wildman–Crippen MR) is 49.8 cm³/mol. The number of rotatable bonds is 1. The van der Waals surface area contributed by atoms with E-state index in [1.54, 1.807) is 6.20 Å². The standard InChI is InChI=1S/C9H17N3/c1-7(10)8-5-6-11-12(8)9(2,3)4/h5-7H,10H2,1-4H3. The van der Waals surface area contributed by atoms with Crippen molar-refractivity contribution >= 4 is 0 Å². The minimum atomic E-state index is 0.0203. The zero-order valence-electron chi connectivity index (χ0n) is 8.20. The van der Waals surface area contributed by atoms with Crippen LogP contribution >= 0.6 is 0 Å². The summed E-state index contributed by atoms with van der Waals surface area (Å²) in [6.45, 7) is 8.32. The molecule has 0 amide bonds. The average molecular weight is 167 g/mol. The molecule has 0 aliphatic heterocycles. The van der Waals surface area contributed by atoms with Gasteiger partial charge in [0.2, 0.25) is 0 Å². The molecule has 0 aliphatic rings. The van der Waals surface area contributed by atoms with Crippen molar-refractivity contribution in [2.75, 3.05) is 0 Å². The van der Waals surface area contributed by atoms with Crippen LogP contribution in [0.1, 0.15) is 39.4 Å². The van der Waals surface area contributed by atoms with E-state index in [1.807, 2.05) is 17.7 Å². The van der Waals surface area contributed by atoms with Gasteiger partial charge in [0.25, 0.3) is 0 Å². The first-order chi connectivity index (χ1) is 5.43. The molecule has 0 saturated carbocycles. The summed E-state index contributed by atoms with van der Waals surface area (Å²) in [5, 5.41) is 4.25. The van der Waals surface area contributed by atoms with Crippen LogP contribution in [-0.2, 0) is 5.54 Å². The Kier molecular flexibility index (Phi) is 2.24. The van der Waals surface area contributed by atoms with E-state index in [0.29, 0.717) is 0 Å². The Labute approximate surface area is 73.6 Å². The first kappa shape index (κ1) is 9.26. The molecule has 3 nitrogen and oxygen atoms in total. The Morgan fingerprint density at radius 3 is 2.42 bits per heavy atom. The molecule has 1 aromatic rings. The van der Waals surface area contributed by atoms with Gasteiger partial charge in [-0.3, -0.25) is 4.68 Å². The molecular formula is C9H17N3. The molecule has 1 rings (SSSR count). The summed E-state index contributed by atoms with van der Waals surface area (Å²) < 4.78 is 1.97. The second-order valence-electron chi connectivity index (χ2n) is 4.13. The lowest BCUT2D eigenvalue weighted by molar-refractivity contribution is 0.338. The first-order valence-electron chi connectivity index (χ1n) is 4.23. The highest BCUT2D eigenvalue weighted by molar-refractivity contribution is 5.07. The van der Waals surface area contributed by atoms with Crippen molar-refractivity contribution in [3.8, 4) is 0 Å². The Morgan fingerprint density at radius 2 is 2.08 bits per heavy atom. The quantitative estimate of drug-likeness (QED) is 0.691. The van der Waals surface area contributed by atoms with Crippen LogP contribution in [0.3, 0.4) is 0 Å². The van der Waals surface area contributed by atoms with Crippen LogP contribution in [-0.4, -0.2) is 9.78 Å². The molecule has 1 atom stereocenters. The fourth-order valence-electron chi connectivity index (χ4n) is 1.22. The molecule has 0 radical (unpaired) electrons. The lowest BCUT2D eigenvalue weighted by atomic mass is 10.1. The maximum atomic E-state index is 5.79. The van der Waals surface area contributed by atoms with Crippen molar-refractivity contribution in [1.29, 1.82) is 0 Å². The molecule has 1 aromatic heterocycles. The Morgan fingerprint density at radius 1 is 1.50 bits per heavy atom. The fourth-order valence-corrected chi connectivity index (χ4v) is 1.22. The highest BCUT2D eigenvalue weighted by Gasteiger charge is 2.18. The van der Waals surface area contributed by atoms with Gasteiger partial charge < -0.3 is 5.73 Å². The minimum absolute atomic E-state index is 0.0203. The van der Waals surface area contributed by atoms with Gasteiger partial charge in [-0.2, -0.15) is 5.10 Å². The highest BCUT2D eigenvalue weighted by Crippen LogP contribution is 2.18.